The number of benzene rings is 4. The summed E-state index contributed by atoms with van der Waals surface area (Å²) in [5, 5.41) is 35.6. The molecular weight excluding hydrogens is 953 g/mol. The van der Waals surface area contributed by atoms with Crippen LogP contribution in [0.25, 0.3) is 0 Å². The minimum atomic E-state index is -1.02. The average molecular weight is 1030 g/mol. The SMILES string of the molecule is CCCCN1CC(C(=O)N[C@@H](Cc2cc(F)cc(F)c2)[C@H](O)[C@H]2Cc3ccccc3CN2)[C@@H](CC)C1=O.CCCCN1CC(C(=O)N[C@@H](Cc2cc(F)cc(F)c2)[C@H](O)[C@H]2Cc3ccccc3CN2)[C@H](CC)C1=O. The highest BCUT2D eigenvalue weighted by atomic mass is 19.1. The molecule has 0 saturated carbocycles. The van der Waals surface area contributed by atoms with E-state index in [1.807, 2.05) is 62.4 Å². The molecule has 4 aliphatic heterocycles. The van der Waals surface area contributed by atoms with Gasteiger partial charge in [-0.05, 0) is 109 Å². The summed E-state index contributed by atoms with van der Waals surface area (Å²) in [5.41, 5.74) is 5.23. The van der Waals surface area contributed by atoms with E-state index in [0.717, 1.165) is 60.1 Å². The Morgan fingerprint density at radius 2 is 0.932 bits per heavy atom. The normalized spacial score (nSPS) is 23.0. The second-order valence-corrected chi connectivity index (χ2v) is 20.6. The van der Waals surface area contributed by atoms with Crippen LogP contribution in [0, 0.1) is 46.9 Å². The zero-order valence-electron chi connectivity index (χ0n) is 43.1. The third-order valence-electron chi connectivity index (χ3n) is 15.5. The number of hydrogen-bond acceptors (Lipinski definition) is 8. The first-order valence-electron chi connectivity index (χ1n) is 26.7. The fourth-order valence-electron chi connectivity index (χ4n) is 11.3. The summed E-state index contributed by atoms with van der Waals surface area (Å²) >= 11 is 0. The van der Waals surface area contributed by atoms with Crippen LogP contribution in [0.15, 0.2) is 84.9 Å². The molecule has 2 fully saturated rings. The monoisotopic (exact) mass is 1030 g/mol. The molecule has 4 amide bonds. The van der Waals surface area contributed by atoms with E-state index in [9.17, 15) is 47.0 Å². The fraction of sp³-hybridized carbons (Fsp3) is 0.517. The van der Waals surface area contributed by atoms with Gasteiger partial charge in [0.2, 0.25) is 23.6 Å². The molecule has 0 aliphatic carbocycles. The summed E-state index contributed by atoms with van der Waals surface area (Å²) in [5.74, 6) is -5.37. The van der Waals surface area contributed by atoms with Crippen LogP contribution < -0.4 is 21.3 Å². The maximum Gasteiger partial charge on any atom is 0.226 e. The number of aliphatic hydroxyl groups is 2. The Labute approximate surface area is 433 Å². The number of rotatable bonds is 20. The minimum Gasteiger partial charge on any atom is -0.389 e. The number of fused-ring (bicyclic) bond motifs is 2. The lowest BCUT2D eigenvalue weighted by Crippen LogP contribution is -2.56. The molecule has 6 N–H and O–H groups in total. The van der Waals surface area contributed by atoms with Gasteiger partial charge in [-0.3, -0.25) is 19.2 Å². The second kappa shape index (κ2) is 26.2. The Balaban J connectivity index is 0.000000216. The number of likely N-dealkylation sites (tertiary alicyclic amines) is 2. The molecule has 10 atom stereocenters. The third-order valence-corrected chi connectivity index (χ3v) is 15.5. The van der Waals surface area contributed by atoms with E-state index in [4.69, 9.17) is 0 Å². The molecule has 0 radical (unpaired) electrons. The van der Waals surface area contributed by atoms with Crippen molar-refractivity contribution in [3.05, 3.63) is 142 Å². The van der Waals surface area contributed by atoms with Crippen molar-refractivity contribution in [3.8, 4) is 0 Å². The van der Waals surface area contributed by atoms with Crippen LogP contribution in [-0.2, 0) is 58.0 Å². The highest BCUT2D eigenvalue weighted by Gasteiger charge is 2.46. The molecular formula is C58H74F4N6O6. The highest BCUT2D eigenvalue weighted by molar-refractivity contribution is 5.92. The molecule has 4 heterocycles. The summed E-state index contributed by atoms with van der Waals surface area (Å²) in [6.07, 6.45) is 3.93. The van der Waals surface area contributed by atoms with Crippen LogP contribution in [0.1, 0.15) is 99.6 Å². The topological polar surface area (TPSA) is 163 Å². The molecule has 0 aromatic heterocycles. The Morgan fingerprint density at radius 3 is 1.27 bits per heavy atom. The van der Waals surface area contributed by atoms with E-state index in [-0.39, 0.29) is 48.6 Å². The van der Waals surface area contributed by atoms with Crippen molar-refractivity contribution in [2.75, 3.05) is 26.2 Å². The summed E-state index contributed by atoms with van der Waals surface area (Å²) in [4.78, 5) is 56.4. The maximum absolute atomic E-state index is 13.9. The van der Waals surface area contributed by atoms with Crippen LogP contribution in [0.5, 0.6) is 0 Å². The lowest BCUT2D eigenvalue weighted by molar-refractivity contribution is -0.134. The predicted molar refractivity (Wildman–Crippen MR) is 275 cm³/mol. The van der Waals surface area contributed by atoms with Gasteiger partial charge in [-0.1, -0.05) is 89.1 Å². The average Bonchev–Trinajstić information content (AvgIpc) is 3.89. The summed E-state index contributed by atoms with van der Waals surface area (Å²) in [7, 11) is 0. The van der Waals surface area contributed by atoms with Gasteiger partial charge in [-0.15, -0.1) is 0 Å². The molecule has 400 valence electrons. The Kier molecular flexibility index (Phi) is 19.8. The third kappa shape index (κ3) is 14.0. The Morgan fingerprint density at radius 1 is 0.581 bits per heavy atom. The van der Waals surface area contributed by atoms with Crippen molar-refractivity contribution in [3.63, 3.8) is 0 Å². The Hall–Kier alpha value is -5.68. The highest BCUT2D eigenvalue weighted by Crippen LogP contribution is 2.31. The van der Waals surface area contributed by atoms with E-state index in [2.05, 4.69) is 35.1 Å². The van der Waals surface area contributed by atoms with Gasteiger partial charge in [0.15, 0.2) is 0 Å². The second-order valence-electron chi connectivity index (χ2n) is 20.6. The summed E-state index contributed by atoms with van der Waals surface area (Å²) in [6, 6.07) is 20.1. The minimum absolute atomic E-state index is 0.00838. The van der Waals surface area contributed by atoms with Crippen molar-refractivity contribution >= 4 is 23.6 Å². The van der Waals surface area contributed by atoms with Crippen molar-refractivity contribution in [1.29, 1.82) is 0 Å². The molecule has 0 bridgehead atoms. The zero-order valence-corrected chi connectivity index (χ0v) is 43.1. The maximum atomic E-state index is 13.9. The van der Waals surface area contributed by atoms with Gasteiger partial charge in [0, 0.05) is 63.5 Å². The first-order valence-corrected chi connectivity index (χ1v) is 26.7. The van der Waals surface area contributed by atoms with Gasteiger partial charge in [-0.2, -0.15) is 0 Å². The van der Waals surface area contributed by atoms with Crippen LogP contribution in [-0.4, -0.2) is 106 Å². The number of carbonyl (C=O) groups is 4. The quantitative estimate of drug-likeness (QED) is 0.0533. The number of aliphatic hydroxyl groups excluding tert-OH is 2. The molecule has 2 unspecified atom stereocenters. The Bertz CT molecular complexity index is 2360. The van der Waals surface area contributed by atoms with Crippen molar-refractivity contribution in [1.82, 2.24) is 31.1 Å². The summed E-state index contributed by atoms with van der Waals surface area (Å²) in [6.45, 7) is 11.0. The smallest absolute Gasteiger partial charge is 0.226 e. The lowest BCUT2D eigenvalue weighted by Gasteiger charge is -2.35. The molecule has 4 aromatic rings. The van der Waals surface area contributed by atoms with Crippen LogP contribution in [0.4, 0.5) is 17.6 Å². The number of unbranched alkanes of at least 4 members (excludes halogenated alkanes) is 2. The van der Waals surface area contributed by atoms with E-state index in [1.54, 1.807) is 9.80 Å². The van der Waals surface area contributed by atoms with Gasteiger partial charge in [-0.25, -0.2) is 17.6 Å². The van der Waals surface area contributed by atoms with E-state index >= 15 is 0 Å². The number of hydrogen-bond donors (Lipinski definition) is 6. The zero-order chi connectivity index (χ0) is 53.1. The van der Waals surface area contributed by atoms with Crippen LogP contribution in [0.2, 0.25) is 0 Å². The molecule has 4 aromatic carbocycles. The lowest BCUT2D eigenvalue weighted by atomic mass is 9.87. The molecule has 12 nitrogen and oxygen atoms in total. The fourth-order valence-corrected chi connectivity index (χ4v) is 11.3. The molecule has 2 saturated heterocycles. The number of carbonyl (C=O) groups excluding carboxylic acids is 4. The number of halogens is 4. The van der Waals surface area contributed by atoms with Gasteiger partial charge in [0.05, 0.1) is 48.0 Å². The van der Waals surface area contributed by atoms with Crippen LogP contribution in [0.3, 0.4) is 0 Å². The van der Waals surface area contributed by atoms with Gasteiger partial charge < -0.3 is 41.3 Å². The molecule has 4 aliphatic rings. The van der Waals surface area contributed by atoms with Gasteiger partial charge in [0.25, 0.3) is 0 Å². The first-order chi connectivity index (χ1) is 35.6. The van der Waals surface area contributed by atoms with Crippen molar-refractivity contribution < 1.29 is 47.0 Å². The summed E-state index contributed by atoms with van der Waals surface area (Å²) < 4.78 is 55.8. The number of nitrogens with one attached hydrogen (secondary N) is 4. The first kappa shape index (κ1) is 56.1. The largest absolute Gasteiger partial charge is 0.389 e. The van der Waals surface area contributed by atoms with Gasteiger partial charge >= 0.3 is 0 Å². The number of amides is 4. The van der Waals surface area contributed by atoms with E-state index < -0.39 is 71.2 Å². The number of nitrogens with zero attached hydrogens (tertiary/aromatic N) is 2. The molecule has 74 heavy (non-hydrogen) atoms. The van der Waals surface area contributed by atoms with Gasteiger partial charge in [0.1, 0.15) is 23.3 Å². The van der Waals surface area contributed by atoms with Crippen molar-refractivity contribution in [2.45, 2.75) is 141 Å². The van der Waals surface area contributed by atoms with E-state index in [1.165, 1.54) is 24.3 Å². The van der Waals surface area contributed by atoms with Crippen LogP contribution >= 0.6 is 0 Å². The van der Waals surface area contributed by atoms with Crippen molar-refractivity contribution in [2.24, 2.45) is 23.7 Å². The standard InChI is InChI=1S/2C29H37F2N3O3/c2*1-3-5-10-34-17-24(23(4-2)29(34)37)28(36)33-26(13-18-11-21(30)15-22(31)12-18)27(35)25-14-19-8-6-7-9-20(19)16-32-25/h2*6-9,11-12,15,23-27,32,35H,3-5,10,13-14,16-17H2,1-2H3,(H,33,36)/t23-,24?,25+,26-,27+;23-,24?,25-,26+,27-/m01/s1. The van der Waals surface area contributed by atoms with E-state index in [0.29, 0.717) is 76.1 Å². The molecule has 0 spiro atoms. The predicted octanol–water partition coefficient (Wildman–Crippen LogP) is 6.70. The molecule has 8 rings (SSSR count). The molecule has 16 heteroatoms.